The standard InChI is InChI=1S/C20H30O2/c1-12-10-13-11-14(21)6-8-19(13,2)16-7-9-20(3)15(18(12)16)4-5-17(20)22/h10,12,14-16,18,21H,4-9,11H2,1-3H3/t12-,14+,15?,16?,18?,19+,20+/m1/s1. The zero-order chi connectivity index (χ0) is 15.7. The maximum Gasteiger partial charge on any atom is 0.139 e. The lowest BCUT2D eigenvalue weighted by atomic mass is 9.46. The molecule has 0 aliphatic heterocycles. The topological polar surface area (TPSA) is 37.3 Å². The van der Waals surface area contributed by atoms with Crippen molar-refractivity contribution in [2.75, 3.05) is 0 Å². The molecule has 0 heterocycles. The molecule has 4 aliphatic carbocycles. The molecule has 7 atom stereocenters. The minimum atomic E-state index is -0.134. The van der Waals surface area contributed by atoms with Crippen LogP contribution >= 0.6 is 0 Å². The molecule has 2 nitrogen and oxygen atoms in total. The van der Waals surface area contributed by atoms with Crippen LogP contribution < -0.4 is 0 Å². The lowest BCUT2D eigenvalue weighted by Crippen LogP contribution is -2.52. The number of aliphatic hydroxyl groups excluding tert-OH is 1. The van der Waals surface area contributed by atoms with Gasteiger partial charge in [-0.2, -0.15) is 0 Å². The number of rotatable bonds is 0. The van der Waals surface area contributed by atoms with Crippen LogP contribution in [0.2, 0.25) is 0 Å². The number of fused-ring (bicyclic) bond motifs is 5. The van der Waals surface area contributed by atoms with Gasteiger partial charge in [0, 0.05) is 11.8 Å². The van der Waals surface area contributed by atoms with Crippen LogP contribution in [0.5, 0.6) is 0 Å². The first kappa shape index (κ1) is 14.9. The quantitative estimate of drug-likeness (QED) is 0.683. The van der Waals surface area contributed by atoms with Crippen molar-refractivity contribution in [2.24, 2.45) is 34.5 Å². The van der Waals surface area contributed by atoms with E-state index < -0.39 is 0 Å². The molecule has 0 radical (unpaired) electrons. The third-order valence-electron chi connectivity index (χ3n) is 8.12. The second kappa shape index (κ2) is 4.69. The second-order valence-electron chi connectivity index (χ2n) is 9.07. The van der Waals surface area contributed by atoms with E-state index in [0.29, 0.717) is 23.5 Å². The minimum absolute atomic E-state index is 0.0364. The second-order valence-corrected chi connectivity index (χ2v) is 9.07. The molecule has 22 heavy (non-hydrogen) atoms. The van der Waals surface area contributed by atoms with E-state index in [1.807, 2.05) is 0 Å². The molecule has 4 aliphatic rings. The summed E-state index contributed by atoms with van der Waals surface area (Å²) in [6.45, 7) is 7.07. The maximum absolute atomic E-state index is 12.5. The predicted octanol–water partition coefficient (Wildman–Crippen LogP) is 4.13. The molecule has 0 spiro atoms. The normalized spacial score (nSPS) is 54.3. The molecule has 0 aromatic rings. The Bertz CT molecular complexity index is 536. The van der Waals surface area contributed by atoms with Gasteiger partial charge < -0.3 is 5.11 Å². The van der Waals surface area contributed by atoms with Gasteiger partial charge in [0.05, 0.1) is 6.10 Å². The third kappa shape index (κ3) is 1.79. The van der Waals surface area contributed by atoms with Gasteiger partial charge in [0.25, 0.3) is 0 Å². The summed E-state index contributed by atoms with van der Waals surface area (Å²) >= 11 is 0. The number of hydrogen-bond acceptors (Lipinski definition) is 2. The Morgan fingerprint density at radius 2 is 1.77 bits per heavy atom. The average Bonchev–Trinajstić information content (AvgIpc) is 2.77. The zero-order valence-corrected chi connectivity index (χ0v) is 14.3. The van der Waals surface area contributed by atoms with Crippen molar-refractivity contribution in [1.82, 2.24) is 0 Å². The molecule has 1 N–H and O–H groups in total. The van der Waals surface area contributed by atoms with Crippen LogP contribution in [-0.4, -0.2) is 17.0 Å². The largest absolute Gasteiger partial charge is 0.393 e. The summed E-state index contributed by atoms with van der Waals surface area (Å²) in [6, 6.07) is 0. The van der Waals surface area contributed by atoms with Crippen LogP contribution in [0.3, 0.4) is 0 Å². The van der Waals surface area contributed by atoms with Crippen molar-refractivity contribution >= 4 is 5.78 Å². The molecule has 3 fully saturated rings. The summed E-state index contributed by atoms with van der Waals surface area (Å²) in [5.41, 5.74) is 1.77. The average molecular weight is 302 g/mol. The Balaban J connectivity index is 1.75. The van der Waals surface area contributed by atoms with E-state index in [1.54, 1.807) is 0 Å². The highest BCUT2D eigenvalue weighted by Gasteiger charge is 2.59. The first-order valence-electron chi connectivity index (χ1n) is 9.29. The SMILES string of the molecule is C[C@@H]1C=C2C[C@@H](O)CC[C@]2(C)C2CC[C@]3(C)C(=O)CCC3C21. The van der Waals surface area contributed by atoms with E-state index in [-0.39, 0.29) is 16.9 Å². The van der Waals surface area contributed by atoms with E-state index >= 15 is 0 Å². The van der Waals surface area contributed by atoms with Gasteiger partial charge in [-0.3, -0.25) is 4.79 Å². The predicted molar refractivity (Wildman–Crippen MR) is 87.3 cm³/mol. The molecule has 0 saturated heterocycles. The molecule has 0 bridgehead atoms. The van der Waals surface area contributed by atoms with Crippen LogP contribution in [0.15, 0.2) is 11.6 Å². The molecule has 4 rings (SSSR count). The maximum atomic E-state index is 12.5. The highest BCUT2D eigenvalue weighted by Crippen LogP contribution is 2.65. The fraction of sp³-hybridized carbons (Fsp3) is 0.850. The van der Waals surface area contributed by atoms with E-state index in [4.69, 9.17) is 0 Å². The van der Waals surface area contributed by atoms with Gasteiger partial charge in [0.1, 0.15) is 5.78 Å². The number of ketones is 1. The lowest BCUT2D eigenvalue weighted by Gasteiger charge is -2.58. The summed E-state index contributed by atoms with van der Waals surface area (Å²) in [4.78, 5) is 12.5. The minimum Gasteiger partial charge on any atom is -0.393 e. The van der Waals surface area contributed by atoms with E-state index in [2.05, 4.69) is 26.8 Å². The lowest BCUT2D eigenvalue weighted by molar-refractivity contribution is -0.133. The fourth-order valence-corrected chi connectivity index (χ4v) is 6.77. The molecule has 2 heteroatoms. The number of Topliss-reactive ketones (excluding diaryl/α,β-unsaturated/α-hetero) is 1. The molecule has 122 valence electrons. The molecule has 3 saturated carbocycles. The molecule has 0 aromatic heterocycles. The molecular formula is C20H30O2. The molecule has 3 unspecified atom stereocenters. The van der Waals surface area contributed by atoms with Crippen LogP contribution in [0, 0.1) is 34.5 Å². The Morgan fingerprint density at radius 1 is 1.09 bits per heavy atom. The number of carbonyl (C=O) groups is 1. The molecule has 0 aromatic carbocycles. The number of carbonyl (C=O) groups excluding carboxylic acids is 1. The van der Waals surface area contributed by atoms with Gasteiger partial charge in [-0.1, -0.05) is 32.4 Å². The van der Waals surface area contributed by atoms with E-state index in [9.17, 15) is 9.90 Å². The number of aliphatic hydroxyl groups is 1. The van der Waals surface area contributed by atoms with Gasteiger partial charge in [-0.05, 0) is 67.6 Å². The first-order valence-corrected chi connectivity index (χ1v) is 9.29. The Morgan fingerprint density at radius 3 is 2.55 bits per heavy atom. The zero-order valence-electron chi connectivity index (χ0n) is 14.3. The van der Waals surface area contributed by atoms with E-state index in [1.165, 1.54) is 12.0 Å². The van der Waals surface area contributed by atoms with Crippen LogP contribution in [-0.2, 0) is 4.79 Å². The summed E-state index contributed by atoms with van der Waals surface area (Å²) in [5.74, 6) is 3.08. The van der Waals surface area contributed by atoms with Crippen molar-refractivity contribution in [1.29, 1.82) is 0 Å². The summed E-state index contributed by atoms with van der Waals surface area (Å²) in [6.07, 6.45) is 9.53. The van der Waals surface area contributed by atoms with Crippen LogP contribution in [0.25, 0.3) is 0 Å². The Hall–Kier alpha value is -0.630. The van der Waals surface area contributed by atoms with Gasteiger partial charge in [0.15, 0.2) is 0 Å². The van der Waals surface area contributed by atoms with Gasteiger partial charge in [0.2, 0.25) is 0 Å². The highest BCUT2D eigenvalue weighted by molar-refractivity contribution is 5.87. The monoisotopic (exact) mass is 302 g/mol. The first-order chi connectivity index (χ1) is 10.4. The van der Waals surface area contributed by atoms with Crippen molar-refractivity contribution in [3.8, 4) is 0 Å². The van der Waals surface area contributed by atoms with Crippen molar-refractivity contribution in [3.63, 3.8) is 0 Å². The summed E-state index contributed by atoms with van der Waals surface area (Å²) in [7, 11) is 0. The smallest absolute Gasteiger partial charge is 0.139 e. The van der Waals surface area contributed by atoms with Gasteiger partial charge in [-0.15, -0.1) is 0 Å². The molecular weight excluding hydrogens is 272 g/mol. The van der Waals surface area contributed by atoms with E-state index in [0.717, 1.165) is 44.4 Å². The van der Waals surface area contributed by atoms with Crippen LogP contribution in [0.1, 0.15) is 65.7 Å². The number of allylic oxidation sites excluding steroid dienone is 1. The number of hydrogen-bond donors (Lipinski definition) is 1. The summed E-state index contributed by atoms with van der Waals surface area (Å²) in [5, 5.41) is 10.1. The summed E-state index contributed by atoms with van der Waals surface area (Å²) < 4.78 is 0. The van der Waals surface area contributed by atoms with Crippen LogP contribution in [0.4, 0.5) is 0 Å². The molecule has 0 amide bonds. The van der Waals surface area contributed by atoms with Crippen molar-refractivity contribution in [2.45, 2.75) is 71.8 Å². The van der Waals surface area contributed by atoms with Crippen molar-refractivity contribution < 1.29 is 9.90 Å². The fourth-order valence-electron chi connectivity index (χ4n) is 6.77. The Kier molecular flexibility index (Phi) is 3.18. The van der Waals surface area contributed by atoms with Gasteiger partial charge >= 0.3 is 0 Å². The third-order valence-corrected chi connectivity index (χ3v) is 8.12. The van der Waals surface area contributed by atoms with Gasteiger partial charge in [-0.25, -0.2) is 0 Å². The highest BCUT2D eigenvalue weighted by atomic mass is 16.3. The van der Waals surface area contributed by atoms with Crippen molar-refractivity contribution in [3.05, 3.63) is 11.6 Å². The Labute approximate surface area is 134 Å².